The van der Waals surface area contributed by atoms with E-state index in [2.05, 4.69) is 56.7 Å². The van der Waals surface area contributed by atoms with Crippen LogP contribution in [0.25, 0.3) is 0 Å². The van der Waals surface area contributed by atoms with E-state index in [0.717, 1.165) is 0 Å². The van der Waals surface area contributed by atoms with Gasteiger partial charge in [0, 0.05) is 0 Å². The van der Waals surface area contributed by atoms with E-state index in [0.29, 0.717) is 0 Å². The molecular weight excluding hydrogens is 236 g/mol. The lowest BCUT2D eigenvalue weighted by Gasteiger charge is -2.06. The van der Waals surface area contributed by atoms with Crippen molar-refractivity contribution in [2.75, 3.05) is 0 Å². The van der Waals surface area contributed by atoms with Crippen molar-refractivity contribution in [3.05, 3.63) is 6.07 Å². The molecule has 0 aliphatic rings. The lowest BCUT2D eigenvalue weighted by Crippen LogP contribution is -2.40. The Kier molecular flexibility index (Phi) is 4.36. The summed E-state index contributed by atoms with van der Waals surface area (Å²) in [6, 6.07) is 2.53. The Hall–Kier alpha value is 0.351. The van der Waals surface area contributed by atoms with Crippen LogP contribution in [-0.2, 0) is 0 Å². The second kappa shape index (κ2) is 4.92. The summed E-state index contributed by atoms with van der Waals surface area (Å²) >= 11 is 2.12. The second-order valence-corrected chi connectivity index (χ2v) is 13.7. The van der Waals surface area contributed by atoms with E-state index in [-0.39, 0.29) is 26.4 Å². The van der Waals surface area contributed by atoms with Crippen molar-refractivity contribution < 1.29 is 0 Å². The molecule has 4 heteroatoms. The molecule has 0 aromatic carbocycles. The van der Waals surface area contributed by atoms with Crippen LogP contribution in [0.5, 0.6) is 0 Å². The summed E-state index contributed by atoms with van der Waals surface area (Å²) in [6.07, 6.45) is 0. The van der Waals surface area contributed by atoms with E-state index in [1.807, 2.05) is 0 Å². The van der Waals surface area contributed by atoms with Crippen LogP contribution in [0.3, 0.4) is 0 Å². The molecule has 1 aromatic heterocycles. The molecule has 1 heterocycles. The molecule has 0 amide bonds. The molecule has 0 spiro atoms. The predicted octanol–water partition coefficient (Wildman–Crippen LogP) is 1.63. The Morgan fingerprint density at radius 1 is 0.857 bits per heavy atom. The topological polar surface area (TPSA) is 0 Å². The van der Waals surface area contributed by atoms with Gasteiger partial charge in [-0.3, -0.25) is 0 Å². The van der Waals surface area contributed by atoms with Crippen molar-refractivity contribution in [1.82, 2.24) is 0 Å². The first-order chi connectivity index (χ1) is 6.43. The summed E-state index contributed by atoms with van der Waals surface area (Å²) in [4.78, 5) is 0. The Bertz CT molecular complexity index is 277. The Labute approximate surface area is 97.2 Å². The van der Waals surface area contributed by atoms with Crippen LogP contribution in [0.1, 0.15) is 0 Å². The molecule has 0 aliphatic heterocycles. The summed E-state index contributed by atoms with van der Waals surface area (Å²) in [5, 5.41) is 1.74. The van der Waals surface area contributed by atoms with Crippen molar-refractivity contribution in [2.24, 2.45) is 0 Å². The first-order valence-corrected chi connectivity index (χ1v) is 13.3. The van der Waals surface area contributed by atoms with Crippen molar-refractivity contribution >= 4 is 51.9 Å². The van der Waals surface area contributed by atoms with Crippen LogP contribution in [0, 0.1) is 0 Å². The highest BCUT2D eigenvalue weighted by atomic mass is 32.1. The van der Waals surface area contributed by atoms with Gasteiger partial charge >= 0.3 is 0 Å². The van der Waals surface area contributed by atoms with Crippen LogP contribution < -0.4 is 14.2 Å². The molecule has 0 bridgehead atoms. The van der Waals surface area contributed by atoms with Gasteiger partial charge in [0.1, 0.15) is 0 Å². The third-order valence-electron chi connectivity index (χ3n) is 2.22. The summed E-state index contributed by atoms with van der Waals surface area (Å²) < 4.78 is 3.45. The average molecular weight is 256 g/mol. The molecule has 77 valence electrons. The fourth-order valence-corrected chi connectivity index (χ4v) is 8.97. The lowest BCUT2D eigenvalue weighted by molar-refractivity contribution is 1.93. The van der Waals surface area contributed by atoms with Gasteiger partial charge in [0.2, 0.25) is 0 Å². The predicted molar refractivity (Wildman–Crippen MR) is 75.7 cm³/mol. The van der Waals surface area contributed by atoms with E-state index in [1.165, 1.54) is 0 Å². The minimum absolute atomic E-state index is 0.228. The van der Waals surface area contributed by atoms with Gasteiger partial charge in [-0.15, -0.1) is 0 Å². The van der Waals surface area contributed by atoms with Crippen LogP contribution in [0.15, 0.2) is 6.07 Å². The number of rotatable bonds is 3. The zero-order chi connectivity index (χ0) is 10.9. The van der Waals surface area contributed by atoms with E-state index in [9.17, 15) is 0 Å². The van der Waals surface area contributed by atoms with Gasteiger partial charge in [-0.05, 0) is 9.00 Å². The molecule has 1 rings (SSSR count). The molecule has 0 fully saturated rings. The van der Waals surface area contributed by atoms with Gasteiger partial charge in [0.05, 0.1) is 26.4 Å². The molecule has 3 radical (unpaired) electrons. The van der Waals surface area contributed by atoms with Crippen molar-refractivity contribution in [2.45, 2.75) is 39.3 Å². The van der Waals surface area contributed by atoms with Crippen molar-refractivity contribution in [3.63, 3.8) is 0 Å². The van der Waals surface area contributed by atoms with E-state index in [1.54, 1.807) is 14.2 Å². The first-order valence-electron chi connectivity index (χ1n) is 4.99. The maximum absolute atomic E-state index is 2.53. The van der Waals surface area contributed by atoms with Gasteiger partial charge < -0.3 is 0 Å². The van der Waals surface area contributed by atoms with Crippen LogP contribution in [0.2, 0.25) is 39.3 Å². The third-order valence-corrected chi connectivity index (χ3v) is 10.3. The molecule has 14 heavy (non-hydrogen) atoms. The number of hydrogen-bond donors (Lipinski definition) is 0. The van der Waals surface area contributed by atoms with Gasteiger partial charge in [-0.2, -0.15) is 11.3 Å². The average Bonchev–Trinajstić information content (AvgIpc) is 2.47. The van der Waals surface area contributed by atoms with E-state index in [4.69, 9.17) is 0 Å². The monoisotopic (exact) mass is 255 g/mol. The molecule has 0 unspecified atom stereocenters. The number of thiophene rings is 1. The van der Waals surface area contributed by atoms with Crippen LogP contribution in [0.4, 0.5) is 0 Å². The minimum Gasteiger partial charge on any atom is -0.155 e. The lowest BCUT2D eigenvalue weighted by atomic mass is 10.7. The highest BCUT2D eigenvalue weighted by molar-refractivity contribution is 7.33. The van der Waals surface area contributed by atoms with Crippen LogP contribution in [-0.4, -0.2) is 26.4 Å². The molecule has 0 nitrogen and oxygen atoms in total. The molecule has 0 saturated heterocycles. The zero-order valence-corrected chi connectivity index (χ0v) is 13.8. The second-order valence-electron chi connectivity index (χ2n) is 4.35. The van der Waals surface area contributed by atoms with Gasteiger partial charge in [0.25, 0.3) is 0 Å². The maximum Gasteiger partial charge on any atom is 0.0927 e. The summed E-state index contributed by atoms with van der Waals surface area (Å²) in [5.41, 5.74) is 0. The Balaban J connectivity index is 3.12. The quantitative estimate of drug-likeness (QED) is 0.720. The van der Waals surface area contributed by atoms with Gasteiger partial charge in [0.15, 0.2) is 0 Å². The molecule has 0 atom stereocenters. The first kappa shape index (κ1) is 12.4. The van der Waals surface area contributed by atoms with Crippen molar-refractivity contribution in [3.8, 4) is 0 Å². The number of hydrogen-bond acceptors (Lipinski definition) is 1. The maximum atomic E-state index is 2.53. The summed E-state index contributed by atoms with van der Waals surface area (Å²) in [5.74, 6) is 0. The molecule has 0 N–H and O–H groups in total. The summed E-state index contributed by atoms with van der Waals surface area (Å²) in [7, 11) is -0.713. The zero-order valence-electron chi connectivity index (χ0n) is 9.99. The smallest absolute Gasteiger partial charge is 0.0927 e. The normalized spacial score (nSPS) is 12.1. The minimum atomic E-state index is -0.247. The van der Waals surface area contributed by atoms with Gasteiger partial charge in [-0.25, -0.2) is 0 Å². The third kappa shape index (κ3) is 2.68. The Morgan fingerprint density at radius 3 is 1.71 bits per heavy atom. The SMILES string of the molecule is C[Si](C)c1cc([Si](C)C)c([Si](C)C)s1. The van der Waals surface area contributed by atoms with Crippen molar-refractivity contribution in [1.29, 1.82) is 0 Å². The molecule has 0 aliphatic carbocycles. The van der Waals surface area contributed by atoms with E-state index < -0.39 is 0 Å². The fourth-order valence-electron chi connectivity index (χ4n) is 1.38. The highest BCUT2D eigenvalue weighted by Crippen LogP contribution is 1.98. The molecule has 0 saturated carbocycles. The largest absolute Gasteiger partial charge is 0.155 e. The molecule has 1 aromatic rings. The standard InChI is InChI=1S/C10H19SSi3/c1-12(2)8-7-9(13(3)4)11-10(8)14(5)6/h7H,1-6H3. The van der Waals surface area contributed by atoms with Crippen LogP contribution >= 0.6 is 11.3 Å². The highest BCUT2D eigenvalue weighted by Gasteiger charge is 2.17. The van der Waals surface area contributed by atoms with Gasteiger partial charge in [-0.1, -0.05) is 50.5 Å². The summed E-state index contributed by atoms with van der Waals surface area (Å²) in [6.45, 7) is 14.5. The fraction of sp³-hybridized carbons (Fsp3) is 0.600. The Morgan fingerprint density at radius 2 is 1.43 bits per heavy atom. The molecular formula is C10H19SSi3. The van der Waals surface area contributed by atoms with E-state index >= 15 is 0 Å².